The van der Waals surface area contributed by atoms with E-state index in [1.807, 2.05) is 34.3 Å². The van der Waals surface area contributed by atoms with Gasteiger partial charge in [-0.1, -0.05) is 13.8 Å². The average molecular weight is 267 g/mol. The Hall–Kier alpha value is -0.970. The fourth-order valence-electron chi connectivity index (χ4n) is 2.06. The van der Waals surface area contributed by atoms with Crippen molar-refractivity contribution >= 4 is 17.7 Å². The molecule has 1 aromatic rings. The fourth-order valence-corrected chi connectivity index (χ4v) is 2.96. The van der Waals surface area contributed by atoms with E-state index < -0.39 is 0 Å². The van der Waals surface area contributed by atoms with Gasteiger partial charge in [-0.25, -0.2) is 0 Å². The zero-order chi connectivity index (χ0) is 13.1. The van der Waals surface area contributed by atoms with Gasteiger partial charge in [0.1, 0.15) is 5.69 Å². The molecule has 1 aromatic heterocycles. The summed E-state index contributed by atoms with van der Waals surface area (Å²) in [6.07, 6.45) is 0. The number of rotatable bonds is 3. The van der Waals surface area contributed by atoms with Crippen LogP contribution < -0.4 is 0 Å². The second-order valence-electron chi connectivity index (χ2n) is 4.83. The van der Waals surface area contributed by atoms with Crippen LogP contribution in [0.5, 0.6) is 0 Å². The Labute approximate surface area is 113 Å². The molecule has 0 saturated carbocycles. The monoisotopic (exact) mass is 267 g/mol. The van der Waals surface area contributed by atoms with Crippen molar-refractivity contribution in [2.24, 2.45) is 0 Å². The van der Waals surface area contributed by atoms with E-state index >= 15 is 0 Å². The van der Waals surface area contributed by atoms with Crippen molar-refractivity contribution in [2.75, 3.05) is 24.6 Å². The van der Waals surface area contributed by atoms with Gasteiger partial charge < -0.3 is 4.90 Å². The average Bonchev–Trinajstić information content (AvgIpc) is 2.83. The molecule has 4 nitrogen and oxygen atoms in total. The number of hydrogen-bond donors (Lipinski definition) is 0. The standard InChI is InChI=1S/C13H21N3OS/c1-4-16-12(9-11(14-16)10(2)3)13(17)15-5-7-18-8-6-15/h9-10H,4-8H2,1-3H3. The number of nitrogens with zero attached hydrogens (tertiary/aromatic N) is 3. The lowest BCUT2D eigenvalue weighted by Gasteiger charge is -2.26. The summed E-state index contributed by atoms with van der Waals surface area (Å²) in [7, 11) is 0. The minimum atomic E-state index is 0.136. The normalized spacial score (nSPS) is 16.3. The topological polar surface area (TPSA) is 38.1 Å². The third-order valence-electron chi connectivity index (χ3n) is 3.21. The van der Waals surface area contributed by atoms with E-state index in [0.29, 0.717) is 5.92 Å². The van der Waals surface area contributed by atoms with Crippen LogP contribution in [0.1, 0.15) is 42.9 Å². The number of amides is 1. The molecule has 1 aliphatic rings. The van der Waals surface area contributed by atoms with E-state index in [1.54, 1.807) is 0 Å². The van der Waals surface area contributed by atoms with Gasteiger partial charge in [0, 0.05) is 31.1 Å². The van der Waals surface area contributed by atoms with E-state index in [9.17, 15) is 4.79 Å². The highest BCUT2D eigenvalue weighted by Gasteiger charge is 2.23. The molecule has 1 saturated heterocycles. The summed E-state index contributed by atoms with van der Waals surface area (Å²) < 4.78 is 1.83. The van der Waals surface area contributed by atoms with E-state index in [2.05, 4.69) is 18.9 Å². The molecule has 0 spiro atoms. The van der Waals surface area contributed by atoms with Gasteiger partial charge in [0.05, 0.1) is 5.69 Å². The zero-order valence-corrected chi connectivity index (χ0v) is 12.2. The van der Waals surface area contributed by atoms with Crippen LogP contribution in [0.4, 0.5) is 0 Å². The lowest BCUT2D eigenvalue weighted by Crippen LogP contribution is -2.38. The Morgan fingerprint density at radius 3 is 2.67 bits per heavy atom. The smallest absolute Gasteiger partial charge is 0.272 e. The van der Waals surface area contributed by atoms with Gasteiger partial charge >= 0.3 is 0 Å². The molecule has 0 bridgehead atoms. The van der Waals surface area contributed by atoms with Crippen molar-refractivity contribution in [3.8, 4) is 0 Å². The van der Waals surface area contributed by atoms with Gasteiger partial charge in [-0.3, -0.25) is 9.48 Å². The summed E-state index contributed by atoms with van der Waals surface area (Å²) >= 11 is 1.91. The minimum absolute atomic E-state index is 0.136. The molecule has 0 aromatic carbocycles. The maximum absolute atomic E-state index is 12.5. The first-order valence-electron chi connectivity index (χ1n) is 6.58. The summed E-state index contributed by atoms with van der Waals surface area (Å²) in [6.45, 7) is 8.70. The Morgan fingerprint density at radius 2 is 2.11 bits per heavy atom. The zero-order valence-electron chi connectivity index (χ0n) is 11.3. The molecule has 1 fully saturated rings. The first kappa shape index (κ1) is 13.5. The van der Waals surface area contributed by atoms with Gasteiger partial charge in [-0.15, -0.1) is 0 Å². The second kappa shape index (κ2) is 5.78. The lowest BCUT2D eigenvalue weighted by molar-refractivity contribution is 0.0760. The van der Waals surface area contributed by atoms with Crippen molar-refractivity contribution in [1.29, 1.82) is 0 Å². The van der Waals surface area contributed by atoms with E-state index in [0.717, 1.165) is 42.5 Å². The van der Waals surface area contributed by atoms with E-state index in [1.165, 1.54) is 0 Å². The number of aryl methyl sites for hydroxylation is 1. The quantitative estimate of drug-likeness (QED) is 0.843. The number of thioether (sulfide) groups is 1. The molecule has 5 heteroatoms. The molecule has 0 atom stereocenters. The van der Waals surface area contributed by atoms with Crippen LogP contribution in [-0.2, 0) is 6.54 Å². The number of carbonyl (C=O) groups is 1. The minimum Gasteiger partial charge on any atom is -0.336 e. The molecule has 0 unspecified atom stereocenters. The van der Waals surface area contributed by atoms with Crippen molar-refractivity contribution in [2.45, 2.75) is 33.2 Å². The third kappa shape index (κ3) is 2.71. The van der Waals surface area contributed by atoms with Gasteiger partial charge in [0.2, 0.25) is 0 Å². The number of carbonyl (C=O) groups excluding carboxylic acids is 1. The summed E-state index contributed by atoms with van der Waals surface area (Å²) in [4.78, 5) is 14.4. The maximum Gasteiger partial charge on any atom is 0.272 e. The first-order chi connectivity index (χ1) is 8.63. The molecule has 100 valence electrons. The SMILES string of the molecule is CCn1nc(C(C)C)cc1C(=O)N1CCSCC1. The molecule has 18 heavy (non-hydrogen) atoms. The highest BCUT2D eigenvalue weighted by Crippen LogP contribution is 2.18. The Morgan fingerprint density at radius 1 is 1.44 bits per heavy atom. The molecule has 0 aliphatic carbocycles. The van der Waals surface area contributed by atoms with Crippen LogP contribution in [0.3, 0.4) is 0 Å². The van der Waals surface area contributed by atoms with Crippen molar-refractivity contribution < 1.29 is 4.79 Å². The van der Waals surface area contributed by atoms with Crippen LogP contribution in [0.25, 0.3) is 0 Å². The van der Waals surface area contributed by atoms with Crippen molar-refractivity contribution in [1.82, 2.24) is 14.7 Å². The summed E-state index contributed by atoms with van der Waals surface area (Å²) in [6, 6.07) is 1.96. The molecule has 0 radical (unpaired) electrons. The van der Waals surface area contributed by atoms with Gasteiger partial charge in [-0.05, 0) is 18.9 Å². The van der Waals surface area contributed by atoms with Crippen LogP contribution in [0.2, 0.25) is 0 Å². The van der Waals surface area contributed by atoms with Crippen LogP contribution >= 0.6 is 11.8 Å². The maximum atomic E-state index is 12.5. The summed E-state index contributed by atoms with van der Waals surface area (Å²) in [5.74, 6) is 2.59. The molecule has 1 aliphatic heterocycles. The number of hydrogen-bond acceptors (Lipinski definition) is 3. The Bertz CT molecular complexity index is 422. The van der Waals surface area contributed by atoms with E-state index in [-0.39, 0.29) is 5.91 Å². The van der Waals surface area contributed by atoms with Gasteiger partial charge in [-0.2, -0.15) is 16.9 Å². The van der Waals surface area contributed by atoms with Crippen molar-refractivity contribution in [3.05, 3.63) is 17.5 Å². The first-order valence-corrected chi connectivity index (χ1v) is 7.73. The van der Waals surface area contributed by atoms with E-state index in [4.69, 9.17) is 0 Å². The van der Waals surface area contributed by atoms with Gasteiger partial charge in [0.25, 0.3) is 5.91 Å². The summed E-state index contributed by atoms with van der Waals surface area (Å²) in [5.41, 5.74) is 1.75. The lowest BCUT2D eigenvalue weighted by atomic mass is 10.1. The molecule has 2 rings (SSSR count). The molecule has 1 amide bonds. The van der Waals surface area contributed by atoms with Crippen LogP contribution in [0.15, 0.2) is 6.07 Å². The van der Waals surface area contributed by atoms with Crippen molar-refractivity contribution in [3.63, 3.8) is 0 Å². The van der Waals surface area contributed by atoms with Gasteiger partial charge in [0.15, 0.2) is 0 Å². The molecule has 0 N–H and O–H groups in total. The Balaban J connectivity index is 2.22. The third-order valence-corrected chi connectivity index (χ3v) is 4.15. The highest BCUT2D eigenvalue weighted by atomic mass is 32.2. The number of aromatic nitrogens is 2. The predicted molar refractivity (Wildman–Crippen MR) is 75.2 cm³/mol. The molecular weight excluding hydrogens is 246 g/mol. The fraction of sp³-hybridized carbons (Fsp3) is 0.692. The predicted octanol–water partition coefficient (Wildman–Crippen LogP) is 2.22. The Kier molecular flexibility index (Phi) is 4.32. The summed E-state index contributed by atoms with van der Waals surface area (Å²) in [5, 5.41) is 4.51. The van der Waals surface area contributed by atoms with Crippen LogP contribution in [-0.4, -0.2) is 45.2 Å². The second-order valence-corrected chi connectivity index (χ2v) is 6.05. The molecule has 2 heterocycles. The largest absolute Gasteiger partial charge is 0.336 e. The molecular formula is C13H21N3OS. The highest BCUT2D eigenvalue weighted by molar-refractivity contribution is 7.99. The van der Waals surface area contributed by atoms with Crippen LogP contribution in [0, 0.1) is 0 Å².